The van der Waals surface area contributed by atoms with Gasteiger partial charge < -0.3 is 4.74 Å². The van der Waals surface area contributed by atoms with Crippen molar-refractivity contribution in [2.75, 3.05) is 13.2 Å². The number of hydrogen-bond acceptors (Lipinski definition) is 8. The summed E-state index contributed by atoms with van der Waals surface area (Å²) in [5, 5.41) is 0. The Hall–Kier alpha value is 0.849. The molecule has 1 fully saturated rings. The van der Waals surface area contributed by atoms with Crippen LogP contribution in [-0.4, -0.2) is 73.2 Å². The van der Waals surface area contributed by atoms with Crippen molar-refractivity contribution in [3.63, 3.8) is 0 Å². The van der Waals surface area contributed by atoms with Gasteiger partial charge in [-0.1, -0.05) is 0 Å². The topological polar surface area (TPSA) is 72.5 Å². The van der Waals surface area contributed by atoms with Crippen molar-refractivity contribution in [3.05, 3.63) is 0 Å². The second-order valence-electron chi connectivity index (χ2n) is 10.7. The average Bonchev–Trinajstić information content (AvgIpc) is 2.67. The Morgan fingerprint density at radius 3 is 2.24 bits per heavy atom. The van der Waals surface area contributed by atoms with Crippen LogP contribution in [0.15, 0.2) is 0 Å². The van der Waals surface area contributed by atoms with Gasteiger partial charge in [-0.05, 0) is 26.6 Å². The van der Waals surface area contributed by atoms with Gasteiger partial charge in [0.25, 0.3) is 0 Å². The van der Waals surface area contributed by atoms with E-state index in [0.717, 1.165) is 25.7 Å². The van der Waals surface area contributed by atoms with Crippen molar-refractivity contribution in [3.8, 4) is 0 Å². The summed E-state index contributed by atoms with van der Waals surface area (Å²) >= 11 is 4.86. The standard InChI is InChI=1S/C21H44BO7P2SSi2/c1-8-24-21(23)15-20(29-34(5,6)7)14-18-13-19(28-33(2,3)4)12-17(26-18)11-16(27-30)9-10-25-22-31-32/h16-20H,8-15,30H2,1-7H3/q+1/t16-,17+,18+,19-,20+/m0/s1. The number of rotatable bonds is 16. The first-order valence-corrected chi connectivity index (χ1v) is 21.4. The molecule has 0 N–H and O–H groups in total. The Bertz CT molecular complexity index is 660. The van der Waals surface area contributed by atoms with E-state index in [1.54, 1.807) is 6.82 Å². The summed E-state index contributed by atoms with van der Waals surface area (Å²) < 4.78 is 35.7. The zero-order chi connectivity index (χ0) is 25.8. The fourth-order valence-corrected chi connectivity index (χ4v) is 7.12. The minimum atomic E-state index is -1.86. The van der Waals surface area contributed by atoms with Gasteiger partial charge in [0.1, 0.15) is 0 Å². The summed E-state index contributed by atoms with van der Waals surface area (Å²) in [4.78, 5) is 12.2. The van der Waals surface area contributed by atoms with Crippen molar-refractivity contribution < 1.29 is 32.3 Å². The SMILES string of the molecule is CCOC(=O)C[C@@H](C[C@H]1C[C@@H](O[Si](C)(C)C)C[C@@H](C[C@H](CCOB=[P+]=S)OP)O1)O[Si](C)(C)C. The van der Waals surface area contributed by atoms with E-state index in [-0.39, 0.29) is 42.9 Å². The molecule has 1 saturated heterocycles. The first-order chi connectivity index (χ1) is 15.8. The third-order valence-electron chi connectivity index (χ3n) is 5.10. The fourth-order valence-electron chi connectivity index (χ4n) is 4.16. The Balaban J connectivity index is 2.91. The van der Waals surface area contributed by atoms with Gasteiger partial charge in [-0.2, -0.15) is 0 Å². The van der Waals surface area contributed by atoms with Gasteiger partial charge in [0.15, 0.2) is 0 Å². The van der Waals surface area contributed by atoms with E-state index in [4.69, 9.17) is 39.3 Å². The second kappa shape index (κ2) is 16.6. The summed E-state index contributed by atoms with van der Waals surface area (Å²) in [5.74, 6) is -0.222. The summed E-state index contributed by atoms with van der Waals surface area (Å²) in [6.45, 7) is 18.1. The number of hydrogen-bond donors (Lipinski definition) is 0. The van der Waals surface area contributed by atoms with E-state index >= 15 is 0 Å². The molecule has 1 aliphatic rings. The molecule has 0 bridgehead atoms. The molecular formula is C21H44BO7P2SSi2+. The van der Waals surface area contributed by atoms with Gasteiger partial charge in [-0.15, -0.1) is 0 Å². The van der Waals surface area contributed by atoms with Crippen LogP contribution in [0.2, 0.25) is 39.3 Å². The number of ether oxygens (including phenoxy) is 2. The molecular weight excluding hydrogens is 525 g/mol. The molecule has 6 atom stereocenters. The maximum atomic E-state index is 12.2. The van der Waals surface area contributed by atoms with Crippen molar-refractivity contribution in [2.24, 2.45) is 0 Å². The molecule has 0 saturated carbocycles. The Labute approximate surface area is 217 Å². The van der Waals surface area contributed by atoms with Crippen molar-refractivity contribution >= 4 is 57.5 Å². The predicted molar refractivity (Wildman–Crippen MR) is 150 cm³/mol. The van der Waals surface area contributed by atoms with Crippen LogP contribution < -0.4 is 0 Å². The van der Waals surface area contributed by atoms with Gasteiger partial charge in [0, 0.05) is 0 Å². The predicted octanol–water partition coefficient (Wildman–Crippen LogP) is 5.23. The fraction of sp³-hybridized carbons (Fsp3) is 0.952. The van der Waals surface area contributed by atoms with Crippen LogP contribution in [0.3, 0.4) is 0 Å². The Morgan fingerprint density at radius 1 is 1.12 bits per heavy atom. The summed E-state index contributed by atoms with van der Waals surface area (Å²) in [6, 6.07) is 0. The van der Waals surface area contributed by atoms with Crippen LogP contribution in [0, 0.1) is 0 Å². The number of carbonyl (C=O) groups is 1. The molecule has 0 amide bonds. The quantitative estimate of drug-likeness (QED) is 0.108. The van der Waals surface area contributed by atoms with E-state index in [1.165, 1.54) is 0 Å². The number of esters is 1. The van der Waals surface area contributed by atoms with E-state index in [9.17, 15) is 4.79 Å². The zero-order valence-electron chi connectivity index (χ0n) is 21.9. The van der Waals surface area contributed by atoms with Crippen LogP contribution in [0.1, 0.15) is 45.4 Å². The minimum absolute atomic E-state index is 0.00170. The maximum absolute atomic E-state index is 12.2. The summed E-state index contributed by atoms with van der Waals surface area (Å²) in [5.41, 5.74) is 0. The molecule has 34 heavy (non-hydrogen) atoms. The third-order valence-corrected chi connectivity index (χ3v) is 8.05. The average molecular weight is 570 g/mol. The van der Waals surface area contributed by atoms with Crippen LogP contribution >= 0.6 is 16.3 Å². The molecule has 0 aliphatic carbocycles. The zero-order valence-corrected chi connectivity index (χ0v) is 26.8. The first-order valence-electron chi connectivity index (χ1n) is 12.1. The normalized spacial score (nSPS) is 23.1. The second-order valence-corrected chi connectivity index (χ2v) is 20.9. The van der Waals surface area contributed by atoms with E-state index in [2.05, 4.69) is 48.7 Å². The number of carbonyl (C=O) groups excluding carboxylic acids is 1. The molecule has 1 heterocycles. The van der Waals surface area contributed by atoms with Gasteiger partial charge >= 0.3 is 176 Å². The van der Waals surface area contributed by atoms with Crippen LogP contribution in [0.4, 0.5) is 0 Å². The van der Waals surface area contributed by atoms with E-state index < -0.39 is 16.6 Å². The van der Waals surface area contributed by atoms with E-state index in [1.807, 2.05) is 6.92 Å². The van der Waals surface area contributed by atoms with E-state index in [0.29, 0.717) is 26.5 Å². The molecule has 7 nitrogen and oxygen atoms in total. The van der Waals surface area contributed by atoms with Gasteiger partial charge in [-0.25, -0.2) is 0 Å². The molecule has 1 unspecified atom stereocenters. The van der Waals surface area contributed by atoms with Crippen molar-refractivity contribution in [1.29, 1.82) is 0 Å². The summed E-state index contributed by atoms with van der Waals surface area (Å²) in [7, 11) is -1.21. The monoisotopic (exact) mass is 569 g/mol. The molecule has 0 aromatic carbocycles. The van der Waals surface area contributed by atoms with Crippen LogP contribution in [0.25, 0.3) is 0 Å². The molecule has 1 rings (SSSR count). The molecule has 0 aromatic heterocycles. The Morgan fingerprint density at radius 2 is 1.74 bits per heavy atom. The molecule has 0 spiro atoms. The molecule has 196 valence electrons. The van der Waals surface area contributed by atoms with Crippen LogP contribution in [0.5, 0.6) is 0 Å². The van der Waals surface area contributed by atoms with Crippen molar-refractivity contribution in [1.82, 2.24) is 0 Å². The van der Waals surface area contributed by atoms with Gasteiger partial charge in [0.2, 0.25) is 0 Å². The summed E-state index contributed by atoms with van der Waals surface area (Å²) in [6.07, 6.45) is 3.87. The Kier molecular flexibility index (Phi) is 16.1. The van der Waals surface area contributed by atoms with Crippen molar-refractivity contribution in [2.45, 2.75) is 115 Å². The molecule has 0 aromatic rings. The minimum Gasteiger partial charge on any atom is -0.0461 e. The third kappa shape index (κ3) is 15.9. The first kappa shape index (κ1) is 32.9. The smallest absolute Gasteiger partial charge is 0.0461 e. The van der Waals surface area contributed by atoms with Crippen LogP contribution in [-0.2, 0) is 44.1 Å². The van der Waals surface area contributed by atoms with Gasteiger partial charge in [-0.3, -0.25) is 4.79 Å². The van der Waals surface area contributed by atoms with Gasteiger partial charge in [0.05, 0.1) is 6.61 Å². The molecule has 0 radical (unpaired) electrons. The molecule has 13 heteroatoms. The molecule has 1 aliphatic heterocycles.